The van der Waals surface area contributed by atoms with Crippen molar-refractivity contribution in [2.45, 2.75) is 32.8 Å². The second-order valence-electron chi connectivity index (χ2n) is 4.89. The zero-order valence-corrected chi connectivity index (χ0v) is 12.6. The van der Waals surface area contributed by atoms with Crippen molar-refractivity contribution in [1.29, 1.82) is 0 Å². The van der Waals surface area contributed by atoms with Gasteiger partial charge in [-0.05, 0) is 42.7 Å². The minimum Gasteiger partial charge on any atom is -0.490 e. The van der Waals surface area contributed by atoms with Crippen LogP contribution in [-0.2, 0) is 0 Å². The van der Waals surface area contributed by atoms with Crippen LogP contribution in [-0.4, -0.2) is 11.7 Å². The molecule has 1 atom stereocenters. The molecule has 3 heteroatoms. The van der Waals surface area contributed by atoms with Gasteiger partial charge in [0, 0.05) is 0 Å². The summed E-state index contributed by atoms with van der Waals surface area (Å²) in [6.07, 6.45) is 1.24. The molecular weight excluding hydrogens is 264 g/mol. The van der Waals surface area contributed by atoms with Gasteiger partial charge in [-0.15, -0.1) is 0 Å². The Balaban J connectivity index is 2.11. The molecule has 1 N–H and O–H groups in total. The molecule has 2 aromatic rings. The van der Waals surface area contributed by atoms with Crippen LogP contribution in [0, 0.1) is 0 Å². The average Bonchev–Trinajstić information content (AvgIpc) is 2.54. The van der Waals surface area contributed by atoms with Crippen LogP contribution in [0.2, 0.25) is 0 Å². The van der Waals surface area contributed by atoms with Crippen LogP contribution in [0.1, 0.15) is 38.4 Å². The molecule has 0 aromatic heterocycles. The molecule has 2 aromatic carbocycles. The fourth-order valence-corrected chi connectivity index (χ4v) is 1.99. The lowest BCUT2D eigenvalue weighted by molar-refractivity contribution is 0.173. The van der Waals surface area contributed by atoms with Crippen molar-refractivity contribution in [1.82, 2.24) is 0 Å². The number of hydrogen-bond acceptors (Lipinski definition) is 3. The summed E-state index contributed by atoms with van der Waals surface area (Å²) >= 11 is 0. The van der Waals surface area contributed by atoms with Crippen LogP contribution in [0.5, 0.6) is 17.2 Å². The molecular formula is C18H22O3. The highest BCUT2D eigenvalue weighted by Gasteiger charge is 2.07. The first-order valence-corrected chi connectivity index (χ1v) is 7.42. The van der Waals surface area contributed by atoms with E-state index in [-0.39, 0.29) is 0 Å². The van der Waals surface area contributed by atoms with Gasteiger partial charge in [0.1, 0.15) is 5.75 Å². The maximum absolute atomic E-state index is 9.79. The normalized spacial score (nSPS) is 12.0. The lowest BCUT2D eigenvalue weighted by Crippen LogP contribution is -1.97. The SMILES string of the molecule is CCCOc1ccccc1Oc1ccc([C@H](O)CC)cc1. The molecule has 0 amide bonds. The second-order valence-corrected chi connectivity index (χ2v) is 4.89. The number of ether oxygens (including phenoxy) is 2. The fraction of sp³-hybridized carbons (Fsp3) is 0.333. The van der Waals surface area contributed by atoms with E-state index in [1.165, 1.54) is 0 Å². The predicted molar refractivity (Wildman–Crippen MR) is 84.0 cm³/mol. The van der Waals surface area contributed by atoms with E-state index in [0.29, 0.717) is 18.8 Å². The van der Waals surface area contributed by atoms with Crippen LogP contribution in [0.15, 0.2) is 48.5 Å². The van der Waals surface area contributed by atoms with Crippen LogP contribution >= 0.6 is 0 Å². The molecule has 21 heavy (non-hydrogen) atoms. The van der Waals surface area contributed by atoms with Crippen LogP contribution in [0.4, 0.5) is 0 Å². The predicted octanol–water partition coefficient (Wildman–Crippen LogP) is 4.71. The topological polar surface area (TPSA) is 38.7 Å². The Morgan fingerprint density at radius 2 is 1.62 bits per heavy atom. The highest BCUT2D eigenvalue weighted by Crippen LogP contribution is 2.32. The second kappa shape index (κ2) is 7.70. The Morgan fingerprint density at radius 1 is 0.952 bits per heavy atom. The summed E-state index contributed by atoms with van der Waals surface area (Å²) in [5, 5.41) is 9.79. The summed E-state index contributed by atoms with van der Waals surface area (Å²) in [6, 6.07) is 15.1. The number of benzene rings is 2. The highest BCUT2D eigenvalue weighted by atomic mass is 16.5. The van der Waals surface area contributed by atoms with Crippen LogP contribution in [0.25, 0.3) is 0 Å². The Hall–Kier alpha value is -2.00. The molecule has 3 nitrogen and oxygen atoms in total. The first kappa shape index (κ1) is 15.4. The lowest BCUT2D eigenvalue weighted by atomic mass is 10.1. The Bertz CT molecular complexity index is 549. The summed E-state index contributed by atoms with van der Waals surface area (Å²) in [5.74, 6) is 2.18. The maximum atomic E-state index is 9.79. The molecule has 0 unspecified atom stereocenters. The van der Waals surface area contributed by atoms with Crippen LogP contribution in [0.3, 0.4) is 0 Å². The van der Waals surface area contributed by atoms with E-state index in [1.807, 2.05) is 55.5 Å². The molecule has 0 saturated carbocycles. The zero-order valence-electron chi connectivity index (χ0n) is 12.6. The molecule has 2 rings (SSSR count). The average molecular weight is 286 g/mol. The highest BCUT2D eigenvalue weighted by molar-refractivity contribution is 5.43. The van der Waals surface area contributed by atoms with Crippen molar-refractivity contribution in [2.24, 2.45) is 0 Å². The lowest BCUT2D eigenvalue weighted by Gasteiger charge is -2.13. The monoisotopic (exact) mass is 286 g/mol. The van der Waals surface area contributed by atoms with E-state index in [9.17, 15) is 5.11 Å². The number of aliphatic hydroxyl groups excluding tert-OH is 1. The van der Waals surface area contributed by atoms with E-state index in [4.69, 9.17) is 9.47 Å². The summed E-state index contributed by atoms with van der Waals surface area (Å²) in [4.78, 5) is 0. The standard InChI is InChI=1S/C18H22O3/c1-3-13-20-17-7-5-6-8-18(17)21-15-11-9-14(10-12-15)16(19)4-2/h5-12,16,19H,3-4,13H2,1-2H3/t16-/m1/s1. The van der Waals surface area contributed by atoms with Gasteiger partial charge in [0.2, 0.25) is 0 Å². The van der Waals surface area contributed by atoms with Crippen molar-refractivity contribution in [3.05, 3.63) is 54.1 Å². The van der Waals surface area contributed by atoms with Gasteiger partial charge in [-0.3, -0.25) is 0 Å². The van der Waals surface area contributed by atoms with E-state index in [2.05, 4.69) is 6.92 Å². The molecule has 0 bridgehead atoms. The molecule has 0 saturated heterocycles. The van der Waals surface area contributed by atoms with Gasteiger partial charge in [0.25, 0.3) is 0 Å². The largest absolute Gasteiger partial charge is 0.490 e. The number of aliphatic hydroxyl groups is 1. The smallest absolute Gasteiger partial charge is 0.169 e. The van der Waals surface area contributed by atoms with Crippen molar-refractivity contribution in [3.8, 4) is 17.2 Å². The number of rotatable bonds is 7. The molecule has 0 heterocycles. The molecule has 0 aliphatic carbocycles. The zero-order chi connectivity index (χ0) is 15.1. The molecule has 0 aliphatic heterocycles. The summed E-state index contributed by atoms with van der Waals surface area (Å²) in [7, 11) is 0. The minimum atomic E-state index is -0.417. The van der Waals surface area contributed by atoms with E-state index in [1.54, 1.807) is 0 Å². The van der Waals surface area contributed by atoms with Gasteiger partial charge >= 0.3 is 0 Å². The maximum Gasteiger partial charge on any atom is 0.169 e. The van der Waals surface area contributed by atoms with E-state index in [0.717, 1.165) is 23.5 Å². The quantitative estimate of drug-likeness (QED) is 0.801. The van der Waals surface area contributed by atoms with Gasteiger partial charge in [-0.2, -0.15) is 0 Å². The summed E-state index contributed by atoms with van der Waals surface area (Å²) in [5.41, 5.74) is 0.903. The van der Waals surface area contributed by atoms with E-state index >= 15 is 0 Å². The van der Waals surface area contributed by atoms with E-state index < -0.39 is 6.10 Å². The number of para-hydroxylation sites is 2. The van der Waals surface area contributed by atoms with Crippen molar-refractivity contribution >= 4 is 0 Å². The Morgan fingerprint density at radius 3 is 2.24 bits per heavy atom. The molecule has 0 fully saturated rings. The van der Waals surface area contributed by atoms with Gasteiger partial charge in [0.15, 0.2) is 11.5 Å². The first-order chi connectivity index (χ1) is 10.2. The van der Waals surface area contributed by atoms with Crippen molar-refractivity contribution in [3.63, 3.8) is 0 Å². The number of hydrogen-bond donors (Lipinski definition) is 1. The molecule has 0 aliphatic rings. The summed E-state index contributed by atoms with van der Waals surface area (Å²) < 4.78 is 11.5. The van der Waals surface area contributed by atoms with Crippen LogP contribution < -0.4 is 9.47 Å². The summed E-state index contributed by atoms with van der Waals surface area (Å²) in [6.45, 7) is 4.69. The minimum absolute atomic E-state index is 0.417. The molecule has 112 valence electrons. The third kappa shape index (κ3) is 4.23. The molecule has 0 radical (unpaired) electrons. The third-order valence-corrected chi connectivity index (χ3v) is 3.19. The van der Waals surface area contributed by atoms with Gasteiger partial charge in [-0.25, -0.2) is 0 Å². The third-order valence-electron chi connectivity index (χ3n) is 3.19. The molecule has 0 spiro atoms. The fourth-order valence-electron chi connectivity index (χ4n) is 1.99. The van der Waals surface area contributed by atoms with Crippen molar-refractivity contribution < 1.29 is 14.6 Å². The van der Waals surface area contributed by atoms with Gasteiger partial charge < -0.3 is 14.6 Å². The van der Waals surface area contributed by atoms with Gasteiger partial charge in [-0.1, -0.05) is 38.1 Å². The van der Waals surface area contributed by atoms with Gasteiger partial charge in [0.05, 0.1) is 12.7 Å². The Kier molecular flexibility index (Phi) is 5.64. The van der Waals surface area contributed by atoms with Crippen molar-refractivity contribution in [2.75, 3.05) is 6.61 Å². The Labute approximate surface area is 126 Å². The first-order valence-electron chi connectivity index (χ1n) is 7.42.